The second kappa shape index (κ2) is 65.4. The van der Waals surface area contributed by atoms with Crippen molar-refractivity contribution in [3.8, 4) is 0 Å². The molecule has 0 saturated heterocycles. The summed E-state index contributed by atoms with van der Waals surface area (Å²) in [5.41, 5.74) is 0. The highest BCUT2D eigenvalue weighted by molar-refractivity contribution is 7.47. The molecule has 0 bridgehead atoms. The Labute approximate surface area is 581 Å². The van der Waals surface area contributed by atoms with Crippen LogP contribution < -0.4 is 0 Å². The highest BCUT2D eigenvalue weighted by Gasteiger charge is 2.30. The maximum atomic E-state index is 13.1. The average molecular weight is 1400 g/mol. The van der Waals surface area contributed by atoms with Gasteiger partial charge in [-0.25, -0.2) is 9.13 Å². The van der Waals surface area contributed by atoms with E-state index in [0.717, 1.165) is 120 Å². The number of phosphoric ester groups is 2. The van der Waals surface area contributed by atoms with E-state index < -0.39 is 97.5 Å². The minimum absolute atomic E-state index is 0.103. The second-order valence-electron chi connectivity index (χ2n) is 29.1. The average Bonchev–Trinajstić information content (AvgIpc) is 2.05. The van der Waals surface area contributed by atoms with Crippen LogP contribution in [0.3, 0.4) is 0 Å². The summed E-state index contributed by atoms with van der Waals surface area (Å²) in [6.07, 6.45) is 50.0. The first-order chi connectivity index (χ1) is 45.6. The van der Waals surface area contributed by atoms with Gasteiger partial charge in [0.1, 0.15) is 19.3 Å². The van der Waals surface area contributed by atoms with Gasteiger partial charge in [0.2, 0.25) is 0 Å². The summed E-state index contributed by atoms with van der Waals surface area (Å²) in [5.74, 6) is 0.920. The number of hydrogen-bond donors (Lipinski definition) is 3. The zero-order chi connectivity index (χ0) is 70.3. The molecule has 95 heavy (non-hydrogen) atoms. The number of esters is 4. The summed E-state index contributed by atoms with van der Waals surface area (Å²) < 4.78 is 68.5. The third kappa shape index (κ3) is 69.0. The van der Waals surface area contributed by atoms with Crippen LogP contribution in [0.4, 0.5) is 0 Å². The summed E-state index contributed by atoms with van der Waals surface area (Å²) in [7, 11) is -9.91. The highest BCUT2D eigenvalue weighted by Crippen LogP contribution is 2.45. The van der Waals surface area contributed by atoms with Crippen molar-refractivity contribution in [2.24, 2.45) is 23.7 Å². The molecule has 0 aromatic heterocycles. The Balaban J connectivity index is 5.24. The topological polar surface area (TPSA) is 237 Å². The molecule has 3 unspecified atom stereocenters. The van der Waals surface area contributed by atoms with Crippen molar-refractivity contribution in [3.63, 3.8) is 0 Å². The fraction of sp³-hybridized carbons (Fsp3) is 0.947. The Morgan fingerprint density at radius 3 is 0.747 bits per heavy atom. The largest absolute Gasteiger partial charge is 0.472 e. The standard InChI is InChI=1S/C76H148O17P2/c1-9-69(8)55-47-39-34-35-41-49-57-74(79)87-63-72(93-76(81)59-51-43-33-27-26-30-38-46-54-68(6)7)65-91-95(84,85)89-61-70(77)60-88-94(82,83)90-64-71(92-75(80)58-50-42-32-25-21-17-13-11-15-19-23-29-37-45-53-67(4)5)62-86-73(78)56-48-40-31-24-20-16-12-10-14-18-22-28-36-44-52-66(2)3/h66-72,77H,9-65H2,1-8H3,(H,82,83)(H,84,85)/t69?,70-,71-,72-/m1/s1. The van der Waals surface area contributed by atoms with Gasteiger partial charge < -0.3 is 33.8 Å². The van der Waals surface area contributed by atoms with Crippen LogP contribution in [0.25, 0.3) is 0 Å². The molecule has 0 heterocycles. The Hall–Kier alpha value is -1.94. The molecule has 3 N–H and O–H groups in total. The van der Waals surface area contributed by atoms with E-state index in [1.807, 2.05) is 0 Å². The van der Waals surface area contributed by atoms with Gasteiger partial charge in [-0.15, -0.1) is 0 Å². The van der Waals surface area contributed by atoms with Crippen molar-refractivity contribution < 1.29 is 80.2 Å². The molecule has 0 rings (SSSR count). The van der Waals surface area contributed by atoms with Gasteiger partial charge in [-0.3, -0.25) is 37.3 Å². The first-order valence-corrected chi connectivity index (χ1v) is 42.2. The van der Waals surface area contributed by atoms with Gasteiger partial charge in [0, 0.05) is 25.7 Å². The predicted octanol–water partition coefficient (Wildman–Crippen LogP) is 22.0. The summed E-state index contributed by atoms with van der Waals surface area (Å²) in [5, 5.41) is 10.6. The van der Waals surface area contributed by atoms with Crippen LogP contribution in [0.2, 0.25) is 0 Å². The first kappa shape index (κ1) is 93.1. The lowest BCUT2D eigenvalue weighted by atomic mass is 10.00. The quantitative estimate of drug-likeness (QED) is 0.0222. The third-order valence-electron chi connectivity index (χ3n) is 17.9. The van der Waals surface area contributed by atoms with Crippen molar-refractivity contribution in [1.82, 2.24) is 0 Å². The molecule has 0 aliphatic heterocycles. The second-order valence-corrected chi connectivity index (χ2v) is 32.0. The Kier molecular flexibility index (Phi) is 64.0. The normalized spacial score (nSPS) is 14.4. The molecular weight excluding hydrogens is 1250 g/mol. The molecule has 0 fully saturated rings. The lowest BCUT2D eigenvalue weighted by molar-refractivity contribution is -0.161. The van der Waals surface area contributed by atoms with Crippen LogP contribution in [-0.4, -0.2) is 96.7 Å². The monoisotopic (exact) mass is 1400 g/mol. The molecule has 0 radical (unpaired) electrons. The van der Waals surface area contributed by atoms with Crippen LogP contribution in [0.15, 0.2) is 0 Å². The van der Waals surface area contributed by atoms with Crippen molar-refractivity contribution in [2.75, 3.05) is 39.6 Å². The molecule has 564 valence electrons. The highest BCUT2D eigenvalue weighted by atomic mass is 31.2. The molecule has 19 heteroatoms. The summed E-state index contributed by atoms with van der Waals surface area (Å²) in [6, 6.07) is 0. The van der Waals surface area contributed by atoms with Crippen molar-refractivity contribution in [3.05, 3.63) is 0 Å². The van der Waals surface area contributed by atoms with E-state index in [4.69, 9.17) is 37.0 Å². The first-order valence-electron chi connectivity index (χ1n) is 39.2. The molecule has 17 nitrogen and oxygen atoms in total. The van der Waals surface area contributed by atoms with Crippen LogP contribution in [0, 0.1) is 23.7 Å². The lowest BCUT2D eigenvalue weighted by Gasteiger charge is -2.21. The van der Waals surface area contributed by atoms with Gasteiger partial charge >= 0.3 is 39.5 Å². The lowest BCUT2D eigenvalue weighted by Crippen LogP contribution is -2.30. The van der Waals surface area contributed by atoms with Gasteiger partial charge in [-0.1, -0.05) is 331 Å². The maximum Gasteiger partial charge on any atom is 0.472 e. The van der Waals surface area contributed by atoms with Crippen LogP contribution >= 0.6 is 15.6 Å². The number of aliphatic hydroxyl groups excluding tert-OH is 1. The van der Waals surface area contributed by atoms with Crippen molar-refractivity contribution in [2.45, 2.75) is 401 Å². The molecule has 0 aromatic carbocycles. The van der Waals surface area contributed by atoms with E-state index >= 15 is 0 Å². The van der Waals surface area contributed by atoms with Gasteiger partial charge in [-0.05, 0) is 49.4 Å². The Morgan fingerprint density at radius 1 is 0.295 bits per heavy atom. The number of unbranched alkanes of at least 4 members (excludes halogenated alkanes) is 38. The molecule has 0 aromatic rings. The van der Waals surface area contributed by atoms with Gasteiger partial charge in [0.05, 0.1) is 26.4 Å². The third-order valence-corrected chi connectivity index (χ3v) is 19.8. The number of ether oxygens (including phenoxy) is 4. The maximum absolute atomic E-state index is 13.1. The van der Waals surface area contributed by atoms with Crippen LogP contribution in [0.1, 0.15) is 383 Å². The minimum Gasteiger partial charge on any atom is -0.462 e. The van der Waals surface area contributed by atoms with Gasteiger partial charge in [0.15, 0.2) is 12.2 Å². The molecule has 6 atom stereocenters. The van der Waals surface area contributed by atoms with Crippen LogP contribution in [0.5, 0.6) is 0 Å². The van der Waals surface area contributed by atoms with Crippen molar-refractivity contribution in [1.29, 1.82) is 0 Å². The SMILES string of the molecule is CCC(C)CCCCCCCCC(=O)OC[C@H](COP(=O)(O)OC[C@H](O)COP(=O)(O)OC[C@@H](COC(=O)CCCCCCCCCCCCCCCCC(C)C)OC(=O)CCCCCCCCCCCCCCCCC(C)C)OC(=O)CCCCCCCCCCC(C)C. The van der Waals surface area contributed by atoms with E-state index in [2.05, 4.69) is 55.4 Å². The minimum atomic E-state index is -4.96. The Bertz CT molecular complexity index is 1870. The summed E-state index contributed by atoms with van der Waals surface area (Å²) >= 11 is 0. The van der Waals surface area contributed by atoms with Crippen molar-refractivity contribution >= 4 is 39.5 Å². The van der Waals surface area contributed by atoms with Gasteiger partial charge in [-0.2, -0.15) is 0 Å². The number of carbonyl (C=O) groups is 4. The summed E-state index contributed by atoms with van der Waals surface area (Å²) in [6.45, 7) is 14.2. The molecule has 0 aliphatic rings. The van der Waals surface area contributed by atoms with E-state index in [1.54, 1.807) is 0 Å². The number of aliphatic hydroxyl groups is 1. The van der Waals surface area contributed by atoms with Crippen LogP contribution in [-0.2, 0) is 65.4 Å². The molecule has 0 spiro atoms. The zero-order valence-electron chi connectivity index (χ0n) is 62.3. The number of rotatable bonds is 73. The number of phosphoric acid groups is 2. The van der Waals surface area contributed by atoms with E-state index in [9.17, 15) is 43.2 Å². The smallest absolute Gasteiger partial charge is 0.462 e. The fourth-order valence-corrected chi connectivity index (χ4v) is 13.1. The zero-order valence-corrected chi connectivity index (χ0v) is 64.1. The van der Waals surface area contributed by atoms with E-state index in [1.165, 1.54) is 180 Å². The van der Waals surface area contributed by atoms with E-state index in [-0.39, 0.29) is 25.7 Å². The Morgan fingerprint density at radius 2 is 0.505 bits per heavy atom. The number of carbonyl (C=O) groups excluding carboxylic acids is 4. The van der Waals surface area contributed by atoms with E-state index in [0.29, 0.717) is 25.7 Å². The number of hydrogen-bond acceptors (Lipinski definition) is 15. The van der Waals surface area contributed by atoms with Gasteiger partial charge in [0.25, 0.3) is 0 Å². The predicted molar refractivity (Wildman–Crippen MR) is 386 cm³/mol. The molecule has 0 saturated carbocycles. The molecule has 0 aliphatic carbocycles. The molecular formula is C76H148O17P2. The molecule has 0 amide bonds. The summed E-state index contributed by atoms with van der Waals surface area (Å²) in [4.78, 5) is 72.8. The fourth-order valence-electron chi connectivity index (χ4n) is 11.5.